The summed E-state index contributed by atoms with van der Waals surface area (Å²) < 4.78 is 0. The molecule has 8 aromatic rings. The topological polar surface area (TPSA) is 3.24 Å². The van der Waals surface area contributed by atoms with Crippen LogP contribution in [0.2, 0.25) is 0 Å². The Labute approximate surface area is 367 Å². The van der Waals surface area contributed by atoms with Crippen LogP contribution in [-0.2, 0) is 0 Å². The van der Waals surface area contributed by atoms with Gasteiger partial charge in [0.05, 0.1) is 0 Å². The Morgan fingerprint density at radius 3 is 1.51 bits per heavy atom. The van der Waals surface area contributed by atoms with Gasteiger partial charge in [-0.05, 0) is 114 Å². The van der Waals surface area contributed by atoms with Crippen LogP contribution in [0.15, 0.2) is 186 Å². The van der Waals surface area contributed by atoms with Crippen molar-refractivity contribution in [2.45, 2.75) is 69.1 Å². The SMILES string of the molecule is CC(C)c1cc(C(C)C)c(B2c3ccccc3Sc3cc(-c4ccc(N5c6ccccc6[Si]6(c7ccccc7-c7ccccc76)c6ccccc65)cc4)ccc32)c(C(C)C)c1. The van der Waals surface area contributed by atoms with E-state index in [9.17, 15) is 0 Å². The maximum Gasteiger partial charge on any atom is 0.244 e. The summed E-state index contributed by atoms with van der Waals surface area (Å²) in [6.07, 6.45) is 0. The second-order valence-electron chi connectivity index (χ2n) is 18.2. The van der Waals surface area contributed by atoms with Crippen molar-refractivity contribution in [2.24, 2.45) is 0 Å². The van der Waals surface area contributed by atoms with Crippen LogP contribution in [0.5, 0.6) is 0 Å². The number of benzene rings is 8. The Balaban J connectivity index is 1.02. The van der Waals surface area contributed by atoms with Gasteiger partial charge in [0.15, 0.2) is 8.07 Å². The van der Waals surface area contributed by atoms with Gasteiger partial charge in [-0.15, -0.1) is 0 Å². The molecular formula is C57H50BNSSi. The van der Waals surface area contributed by atoms with E-state index in [1.807, 2.05) is 11.8 Å². The summed E-state index contributed by atoms with van der Waals surface area (Å²) >= 11 is 1.93. The van der Waals surface area contributed by atoms with Crippen LogP contribution in [0.4, 0.5) is 17.1 Å². The van der Waals surface area contributed by atoms with Crippen LogP contribution in [-0.4, -0.2) is 14.8 Å². The molecule has 0 unspecified atom stereocenters. The molecule has 0 saturated heterocycles. The summed E-state index contributed by atoms with van der Waals surface area (Å²) in [4.78, 5) is 5.24. The summed E-state index contributed by atoms with van der Waals surface area (Å²) in [7, 11) is -2.58. The highest BCUT2D eigenvalue weighted by molar-refractivity contribution is 8.00. The van der Waals surface area contributed by atoms with Crippen molar-refractivity contribution in [1.29, 1.82) is 0 Å². The predicted octanol–water partition coefficient (Wildman–Crippen LogP) is 10.8. The van der Waals surface area contributed by atoms with E-state index in [-0.39, 0.29) is 6.71 Å². The van der Waals surface area contributed by atoms with Crippen molar-refractivity contribution >= 4 is 80.7 Å². The first-order valence-electron chi connectivity index (χ1n) is 22.1. The van der Waals surface area contributed by atoms with E-state index in [1.54, 1.807) is 0 Å². The van der Waals surface area contributed by atoms with Gasteiger partial charge in [-0.1, -0.05) is 209 Å². The molecule has 296 valence electrons. The molecule has 3 aliphatic heterocycles. The summed E-state index contributed by atoms with van der Waals surface area (Å²) in [6.45, 7) is 14.3. The average molecular weight is 820 g/mol. The zero-order valence-corrected chi connectivity index (χ0v) is 37.7. The fourth-order valence-corrected chi connectivity index (χ4v) is 17.6. The lowest BCUT2D eigenvalue weighted by Crippen LogP contribution is -2.75. The third-order valence-electron chi connectivity index (χ3n) is 13.7. The molecule has 4 heteroatoms. The monoisotopic (exact) mass is 819 g/mol. The number of hydrogen-bond acceptors (Lipinski definition) is 2. The van der Waals surface area contributed by atoms with Crippen molar-refractivity contribution in [2.75, 3.05) is 4.90 Å². The molecule has 0 amide bonds. The summed E-state index contributed by atoms with van der Waals surface area (Å²) in [5.74, 6) is 1.33. The molecule has 0 radical (unpaired) electrons. The lowest BCUT2D eigenvalue weighted by molar-refractivity contribution is 0.812. The van der Waals surface area contributed by atoms with Gasteiger partial charge in [0.1, 0.15) is 0 Å². The number of anilines is 3. The highest BCUT2D eigenvalue weighted by atomic mass is 32.2. The van der Waals surface area contributed by atoms with Gasteiger partial charge in [-0.25, -0.2) is 0 Å². The maximum atomic E-state index is 2.52. The van der Waals surface area contributed by atoms with Crippen molar-refractivity contribution in [1.82, 2.24) is 0 Å². The van der Waals surface area contributed by atoms with Gasteiger partial charge < -0.3 is 4.90 Å². The highest BCUT2D eigenvalue weighted by Crippen LogP contribution is 2.42. The fraction of sp³-hybridized carbons (Fsp3) is 0.158. The quantitative estimate of drug-likeness (QED) is 0.154. The molecule has 0 saturated carbocycles. The zero-order valence-electron chi connectivity index (χ0n) is 35.9. The zero-order chi connectivity index (χ0) is 41.6. The van der Waals surface area contributed by atoms with E-state index in [0.717, 1.165) is 0 Å². The maximum absolute atomic E-state index is 2.58. The molecule has 3 heterocycles. The lowest BCUT2D eigenvalue weighted by Gasteiger charge is -2.43. The first-order valence-corrected chi connectivity index (χ1v) is 24.9. The summed E-state index contributed by atoms with van der Waals surface area (Å²) in [5.41, 5.74) is 17.8. The standard InChI is InChI=1S/C57H50BNSSi/c1-36(2)41-33-45(37(3)4)57(46(34-41)38(5)6)58-47-19-9-12-22-51(47)60-52-35-40(29-32-48(52)58)39-27-30-42(31-28-39)59-49-20-10-15-25-55(49)61(56-26-16-11-21-50(56)59)53-23-13-7-17-43(53)44-18-8-14-24-54(44)61/h7-38H,1-6H3. The minimum atomic E-state index is -2.58. The van der Waals surface area contributed by atoms with E-state index in [0.29, 0.717) is 17.8 Å². The van der Waals surface area contributed by atoms with E-state index in [2.05, 4.69) is 222 Å². The highest BCUT2D eigenvalue weighted by Gasteiger charge is 2.53. The number of para-hydroxylation sites is 2. The van der Waals surface area contributed by atoms with Crippen LogP contribution in [0.1, 0.15) is 76.0 Å². The molecular weight excluding hydrogens is 770 g/mol. The fourth-order valence-electron chi connectivity index (χ4n) is 10.9. The number of hydrogen-bond donors (Lipinski definition) is 0. The molecule has 0 atom stereocenters. The molecule has 0 bridgehead atoms. The van der Waals surface area contributed by atoms with Gasteiger partial charge in [0.25, 0.3) is 0 Å². The predicted molar refractivity (Wildman–Crippen MR) is 267 cm³/mol. The minimum absolute atomic E-state index is 0.185. The number of nitrogens with zero attached hydrogens (tertiary/aromatic N) is 1. The van der Waals surface area contributed by atoms with Crippen molar-refractivity contribution < 1.29 is 0 Å². The molecule has 0 aliphatic carbocycles. The van der Waals surface area contributed by atoms with E-state index in [1.165, 1.54) is 103 Å². The number of fused-ring (bicyclic) bond motifs is 11. The Hall–Kier alpha value is -5.81. The normalized spacial score (nSPS) is 14.2. The largest absolute Gasteiger partial charge is 0.311 e. The Kier molecular flexibility index (Phi) is 9.18. The van der Waals surface area contributed by atoms with Crippen LogP contribution >= 0.6 is 11.8 Å². The van der Waals surface area contributed by atoms with Crippen molar-refractivity contribution in [3.63, 3.8) is 0 Å². The first-order chi connectivity index (χ1) is 29.8. The van der Waals surface area contributed by atoms with Gasteiger partial charge in [0, 0.05) is 26.9 Å². The molecule has 0 aromatic heterocycles. The Bertz CT molecular complexity index is 2890. The molecule has 61 heavy (non-hydrogen) atoms. The molecule has 3 aliphatic rings. The van der Waals surface area contributed by atoms with Crippen LogP contribution in [0.25, 0.3) is 22.3 Å². The number of rotatable bonds is 6. The van der Waals surface area contributed by atoms with E-state index < -0.39 is 8.07 Å². The summed E-state index contributed by atoms with van der Waals surface area (Å²) in [5, 5.41) is 5.90. The third-order valence-corrected chi connectivity index (χ3v) is 19.9. The van der Waals surface area contributed by atoms with Gasteiger partial charge in [-0.2, -0.15) is 0 Å². The minimum Gasteiger partial charge on any atom is -0.311 e. The van der Waals surface area contributed by atoms with Crippen LogP contribution in [0.3, 0.4) is 0 Å². The van der Waals surface area contributed by atoms with E-state index in [4.69, 9.17) is 0 Å². The molecule has 0 N–H and O–H groups in total. The smallest absolute Gasteiger partial charge is 0.244 e. The Morgan fingerprint density at radius 1 is 0.443 bits per heavy atom. The Morgan fingerprint density at radius 2 is 0.934 bits per heavy atom. The van der Waals surface area contributed by atoms with Crippen molar-refractivity contribution in [3.05, 3.63) is 193 Å². The third kappa shape index (κ3) is 5.75. The molecule has 11 rings (SSSR count). The first kappa shape index (κ1) is 38.1. The molecule has 0 fully saturated rings. The second-order valence-corrected chi connectivity index (χ2v) is 22.9. The average Bonchev–Trinajstić information content (AvgIpc) is 3.58. The van der Waals surface area contributed by atoms with Crippen LogP contribution in [0, 0.1) is 0 Å². The summed E-state index contributed by atoms with van der Waals surface area (Å²) in [6, 6.07) is 67.6. The van der Waals surface area contributed by atoms with Gasteiger partial charge in [-0.3, -0.25) is 0 Å². The second kappa shape index (κ2) is 14.7. The van der Waals surface area contributed by atoms with Crippen molar-refractivity contribution in [3.8, 4) is 22.3 Å². The van der Waals surface area contributed by atoms with Crippen LogP contribution < -0.4 is 42.0 Å². The molecule has 1 nitrogen and oxygen atoms in total. The van der Waals surface area contributed by atoms with Gasteiger partial charge >= 0.3 is 0 Å². The molecule has 1 spiro atoms. The lowest BCUT2D eigenvalue weighted by atomic mass is 9.34. The van der Waals surface area contributed by atoms with Gasteiger partial charge in [0.2, 0.25) is 6.71 Å². The molecule has 8 aromatic carbocycles. The van der Waals surface area contributed by atoms with E-state index >= 15 is 0 Å².